The van der Waals surface area contributed by atoms with E-state index in [0.717, 1.165) is 30.6 Å². The summed E-state index contributed by atoms with van der Waals surface area (Å²) in [6, 6.07) is 0. The van der Waals surface area contributed by atoms with Gasteiger partial charge < -0.3 is 5.11 Å². The number of aliphatic hydroxyl groups excluding tert-OH is 1. The van der Waals surface area contributed by atoms with E-state index >= 15 is 0 Å². The van der Waals surface area contributed by atoms with Crippen LogP contribution in [0.15, 0.2) is 0 Å². The third-order valence-electron chi connectivity index (χ3n) is 8.28. The van der Waals surface area contributed by atoms with Crippen LogP contribution >= 0.6 is 0 Å². The summed E-state index contributed by atoms with van der Waals surface area (Å²) in [5.41, 5.74) is 0.783. The fourth-order valence-electron chi connectivity index (χ4n) is 7.10. The first-order valence-corrected chi connectivity index (χ1v) is 9.17. The second-order valence-electron chi connectivity index (χ2n) is 9.05. The van der Waals surface area contributed by atoms with Gasteiger partial charge in [0, 0.05) is 5.92 Å². The summed E-state index contributed by atoms with van der Waals surface area (Å²) in [7, 11) is 0. The number of carbonyl (C=O) groups is 1. The maximum absolute atomic E-state index is 12.5. The molecule has 4 aliphatic rings. The van der Waals surface area contributed by atoms with E-state index in [2.05, 4.69) is 13.8 Å². The Morgan fingerprint density at radius 1 is 0.952 bits per heavy atom. The minimum atomic E-state index is -0.667. The van der Waals surface area contributed by atoms with Gasteiger partial charge in [0.15, 0.2) is 5.78 Å². The molecule has 0 aromatic rings. The van der Waals surface area contributed by atoms with Gasteiger partial charge >= 0.3 is 0 Å². The van der Waals surface area contributed by atoms with Gasteiger partial charge in [0.05, 0.1) is 0 Å². The number of rotatable bonds is 0. The van der Waals surface area contributed by atoms with Crippen LogP contribution in [0, 0.1) is 34.5 Å². The zero-order chi connectivity index (χ0) is 14.8. The van der Waals surface area contributed by atoms with Crippen LogP contribution in [0.5, 0.6) is 0 Å². The van der Waals surface area contributed by atoms with E-state index in [1.165, 1.54) is 38.5 Å². The van der Waals surface area contributed by atoms with Crippen molar-refractivity contribution >= 4 is 5.78 Å². The Morgan fingerprint density at radius 2 is 1.76 bits per heavy atom. The molecule has 4 fully saturated rings. The van der Waals surface area contributed by atoms with E-state index in [9.17, 15) is 9.90 Å². The predicted octanol–water partition coefficient (Wildman–Crippen LogP) is 3.96. The van der Waals surface area contributed by atoms with E-state index in [1.54, 1.807) is 0 Å². The molecule has 0 radical (unpaired) electrons. The molecule has 0 aliphatic heterocycles. The van der Waals surface area contributed by atoms with E-state index < -0.39 is 6.10 Å². The number of aliphatic hydroxyl groups is 1. The Labute approximate surface area is 128 Å². The number of carbonyl (C=O) groups excluding carboxylic acids is 1. The zero-order valence-corrected chi connectivity index (χ0v) is 13.6. The van der Waals surface area contributed by atoms with Crippen molar-refractivity contribution in [3.8, 4) is 0 Å². The van der Waals surface area contributed by atoms with Crippen molar-refractivity contribution in [2.45, 2.75) is 77.7 Å². The Hall–Kier alpha value is -0.370. The van der Waals surface area contributed by atoms with E-state index in [0.29, 0.717) is 11.8 Å². The molecule has 7 atom stereocenters. The molecule has 0 aromatic heterocycles. The van der Waals surface area contributed by atoms with Gasteiger partial charge in [0.2, 0.25) is 0 Å². The first-order valence-electron chi connectivity index (χ1n) is 9.17. The molecular formula is C19H30O2. The van der Waals surface area contributed by atoms with Crippen LogP contribution in [0.1, 0.15) is 71.6 Å². The number of fused-ring (bicyclic) bond motifs is 5. The van der Waals surface area contributed by atoms with Crippen molar-refractivity contribution in [3.05, 3.63) is 0 Å². The number of hydrogen-bond donors (Lipinski definition) is 1. The Balaban J connectivity index is 1.66. The highest BCUT2D eigenvalue weighted by atomic mass is 16.3. The molecule has 118 valence electrons. The molecule has 2 heteroatoms. The minimum Gasteiger partial charge on any atom is -0.385 e. The molecule has 0 amide bonds. The molecular weight excluding hydrogens is 260 g/mol. The van der Waals surface area contributed by atoms with Crippen molar-refractivity contribution in [1.29, 1.82) is 0 Å². The first kappa shape index (κ1) is 14.2. The lowest BCUT2D eigenvalue weighted by molar-refractivity contribution is -0.158. The van der Waals surface area contributed by atoms with E-state index in [4.69, 9.17) is 0 Å². The third-order valence-corrected chi connectivity index (χ3v) is 8.28. The van der Waals surface area contributed by atoms with Crippen molar-refractivity contribution < 1.29 is 9.90 Å². The molecule has 21 heavy (non-hydrogen) atoms. The lowest BCUT2D eigenvalue weighted by atomic mass is 9.45. The monoisotopic (exact) mass is 290 g/mol. The van der Waals surface area contributed by atoms with Gasteiger partial charge in [0.25, 0.3) is 0 Å². The van der Waals surface area contributed by atoms with Crippen LogP contribution < -0.4 is 0 Å². The lowest BCUT2D eigenvalue weighted by Gasteiger charge is -2.59. The van der Waals surface area contributed by atoms with Crippen molar-refractivity contribution in [1.82, 2.24) is 0 Å². The summed E-state index contributed by atoms with van der Waals surface area (Å²) < 4.78 is 0. The summed E-state index contributed by atoms with van der Waals surface area (Å²) in [5, 5.41) is 9.97. The first-order chi connectivity index (χ1) is 9.96. The van der Waals surface area contributed by atoms with Crippen molar-refractivity contribution in [2.75, 3.05) is 0 Å². The maximum atomic E-state index is 12.5. The van der Waals surface area contributed by atoms with Crippen LogP contribution in [0.2, 0.25) is 0 Å². The van der Waals surface area contributed by atoms with Gasteiger partial charge in [0.1, 0.15) is 6.10 Å². The average Bonchev–Trinajstić information content (AvgIpc) is 2.85. The van der Waals surface area contributed by atoms with Gasteiger partial charge in [-0.25, -0.2) is 0 Å². The highest BCUT2D eigenvalue weighted by Crippen LogP contribution is 2.65. The second kappa shape index (κ2) is 4.57. The smallest absolute Gasteiger partial charge is 0.164 e. The number of ketones is 1. The van der Waals surface area contributed by atoms with Gasteiger partial charge in [-0.2, -0.15) is 0 Å². The lowest BCUT2D eigenvalue weighted by Crippen LogP contribution is -2.56. The number of hydrogen-bond acceptors (Lipinski definition) is 2. The predicted molar refractivity (Wildman–Crippen MR) is 82.7 cm³/mol. The topological polar surface area (TPSA) is 37.3 Å². The van der Waals surface area contributed by atoms with Gasteiger partial charge in [-0.15, -0.1) is 0 Å². The average molecular weight is 290 g/mol. The normalized spacial score (nSPS) is 56.5. The molecule has 0 heterocycles. The Bertz CT molecular complexity index is 458. The van der Waals surface area contributed by atoms with Crippen LogP contribution in [-0.2, 0) is 4.79 Å². The Kier molecular flexibility index (Phi) is 3.10. The van der Waals surface area contributed by atoms with Crippen molar-refractivity contribution in [2.24, 2.45) is 34.5 Å². The quantitative estimate of drug-likeness (QED) is 0.733. The van der Waals surface area contributed by atoms with Gasteiger partial charge in [-0.1, -0.05) is 20.3 Å². The maximum Gasteiger partial charge on any atom is 0.164 e. The van der Waals surface area contributed by atoms with Gasteiger partial charge in [-0.05, 0) is 80.0 Å². The van der Waals surface area contributed by atoms with E-state index in [-0.39, 0.29) is 17.1 Å². The molecule has 0 unspecified atom stereocenters. The van der Waals surface area contributed by atoms with Crippen LogP contribution in [0.3, 0.4) is 0 Å². The number of Topliss-reactive ketones (excluding diaryl/α,β-unsaturated/α-hetero) is 1. The molecule has 0 saturated heterocycles. The molecule has 1 N–H and O–H groups in total. The molecule has 4 saturated carbocycles. The molecule has 4 rings (SSSR count). The fraction of sp³-hybridized carbons (Fsp3) is 0.947. The summed E-state index contributed by atoms with van der Waals surface area (Å²) >= 11 is 0. The van der Waals surface area contributed by atoms with E-state index in [1.807, 2.05) is 0 Å². The third kappa shape index (κ3) is 1.84. The molecule has 0 aromatic carbocycles. The zero-order valence-electron chi connectivity index (χ0n) is 13.6. The van der Waals surface area contributed by atoms with Crippen molar-refractivity contribution in [3.63, 3.8) is 0 Å². The van der Waals surface area contributed by atoms with Crippen LogP contribution in [0.25, 0.3) is 0 Å². The fourth-order valence-corrected chi connectivity index (χ4v) is 7.10. The highest BCUT2D eigenvalue weighted by molar-refractivity contribution is 5.86. The highest BCUT2D eigenvalue weighted by Gasteiger charge is 2.59. The molecule has 4 aliphatic carbocycles. The summed E-state index contributed by atoms with van der Waals surface area (Å²) in [6.45, 7) is 4.92. The molecule has 0 bridgehead atoms. The molecule has 2 nitrogen and oxygen atoms in total. The SMILES string of the molecule is C[C@@]12CCC[C@H]1[C@@H]1CC[C@@H]3C(=O)[C@H](O)CC[C@]3(C)[C@H]1CC2. The van der Waals surface area contributed by atoms with Gasteiger partial charge in [-0.3, -0.25) is 4.79 Å². The van der Waals surface area contributed by atoms with Crippen LogP contribution in [0.4, 0.5) is 0 Å². The van der Waals surface area contributed by atoms with Crippen LogP contribution in [-0.4, -0.2) is 17.0 Å². The largest absolute Gasteiger partial charge is 0.385 e. The summed E-state index contributed by atoms with van der Waals surface area (Å²) in [5.74, 6) is 2.82. The Morgan fingerprint density at radius 3 is 2.57 bits per heavy atom. The summed E-state index contributed by atoms with van der Waals surface area (Å²) in [6.07, 6.45) is 10.4. The minimum absolute atomic E-state index is 0.147. The summed E-state index contributed by atoms with van der Waals surface area (Å²) in [4.78, 5) is 12.5. The molecule has 0 spiro atoms. The second-order valence-corrected chi connectivity index (χ2v) is 9.05. The standard InChI is InChI=1S/C19H30O2/c1-18-9-3-4-13(18)12-5-6-15-17(21)16(20)8-11-19(15,2)14(12)7-10-18/h12-16,20H,3-11H2,1-2H3/t12-,13-,14-,15+,16+,18-,19+/m0/s1.